The molecule has 2 N–H and O–H groups in total. The Balaban J connectivity index is 1.74. The summed E-state index contributed by atoms with van der Waals surface area (Å²) in [5.74, 6) is -1.70. The number of thioether (sulfide) groups is 1. The van der Waals surface area contributed by atoms with Gasteiger partial charge >= 0.3 is 5.69 Å². The van der Waals surface area contributed by atoms with E-state index in [0.717, 1.165) is 28.2 Å². The van der Waals surface area contributed by atoms with Gasteiger partial charge in [0.25, 0.3) is 11.1 Å². The van der Waals surface area contributed by atoms with Crippen LogP contribution in [-0.2, 0) is 9.59 Å². The number of aryl methyl sites for hydroxylation is 2. The van der Waals surface area contributed by atoms with Crippen molar-refractivity contribution in [3.63, 3.8) is 0 Å². The number of carbonyl (C=O) groups excluding carboxylic acids is 3. The Morgan fingerprint density at radius 1 is 1.20 bits per heavy atom. The molecule has 1 saturated heterocycles. The van der Waals surface area contributed by atoms with Gasteiger partial charge in [-0.05, 0) is 66.6 Å². The minimum absolute atomic E-state index is 0.0270. The van der Waals surface area contributed by atoms with Gasteiger partial charge in [-0.1, -0.05) is 12.1 Å². The molecule has 1 heterocycles. The first kappa shape index (κ1) is 21.1. The van der Waals surface area contributed by atoms with Crippen molar-refractivity contribution in [3.8, 4) is 5.75 Å². The van der Waals surface area contributed by atoms with Gasteiger partial charge in [0.2, 0.25) is 5.91 Å². The number of nitrogens with one attached hydrogen (secondary N) is 1. The number of aromatic hydroxyl groups is 1. The lowest BCUT2D eigenvalue weighted by atomic mass is 10.1. The lowest BCUT2D eigenvalue weighted by molar-refractivity contribution is -0.385. The minimum Gasteiger partial charge on any atom is -0.502 e. The molecule has 30 heavy (non-hydrogen) atoms. The average molecular weight is 427 g/mol. The molecule has 3 amide bonds. The molecule has 1 aliphatic rings. The first-order valence-electron chi connectivity index (χ1n) is 8.75. The first-order chi connectivity index (χ1) is 14.1. The molecule has 0 radical (unpaired) electrons. The van der Waals surface area contributed by atoms with Crippen molar-refractivity contribution in [2.24, 2.45) is 0 Å². The van der Waals surface area contributed by atoms with Crippen molar-refractivity contribution in [3.05, 3.63) is 68.1 Å². The predicted octanol–water partition coefficient (Wildman–Crippen LogP) is 3.59. The molecule has 9 nitrogen and oxygen atoms in total. The second kappa shape index (κ2) is 8.37. The van der Waals surface area contributed by atoms with Gasteiger partial charge in [-0.15, -0.1) is 0 Å². The molecule has 10 heteroatoms. The molecule has 0 aromatic heterocycles. The van der Waals surface area contributed by atoms with Gasteiger partial charge in [0, 0.05) is 11.8 Å². The summed E-state index contributed by atoms with van der Waals surface area (Å²) in [5.41, 5.74) is 2.24. The number of nitrogens with zero attached hydrogens (tertiary/aromatic N) is 2. The first-order valence-corrected chi connectivity index (χ1v) is 9.56. The van der Waals surface area contributed by atoms with Crippen LogP contribution in [0.5, 0.6) is 5.75 Å². The molecule has 3 rings (SSSR count). The summed E-state index contributed by atoms with van der Waals surface area (Å²) < 4.78 is 0. The Morgan fingerprint density at radius 3 is 2.50 bits per heavy atom. The molecular formula is C20H17N3O6S. The minimum atomic E-state index is -0.754. The zero-order chi connectivity index (χ0) is 22.0. The van der Waals surface area contributed by atoms with Crippen molar-refractivity contribution in [1.82, 2.24) is 4.90 Å². The number of hydrogen-bond acceptors (Lipinski definition) is 7. The summed E-state index contributed by atoms with van der Waals surface area (Å²) in [4.78, 5) is 48.1. The fraction of sp³-hybridized carbons (Fsp3) is 0.150. The second-order valence-electron chi connectivity index (χ2n) is 6.70. The lowest BCUT2D eigenvalue weighted by Crippen LogP contribution is -2.36. The van der Waals surface area contributed by atoms with Crippen LogP contribution in [0.3, 0.4) is 0 Å². The average Bonchev–Trinajstić information content (AvgIpc) is 2.89. The quantitative estimate of drug-likeness (QED) is 0.424. The highest BCUT2D eigenvalue weighted by molar-refractivity contribution is 8.18. The summed E-state index contributed by atoms with van der Waals surface area (Å²) >= 11 is 0.634. The predicted molar refractivity (Wildman–Crippen MR) is 112 cm³/mol. The summed E-state index contributed by atoms with van der Waals surface area (Å²) in [5, 5.41) is 22.5. The van der Waals surface area contributed by atoms with Gasteiger partial charge in [0.05, 0.1) is 9.83 Å². The van der Waals surface area contributed by atoms with Gasteiger partial charge in [0.15, 0.2) is 5.75 Å². The maximum absolute atomic E-state index is 12.6. The third kappa shape index (κ3) is 4.66. The van der Waals surface area contributed by atoms with Crippen LogP contribution in [0.25, 0.3) is 6.08 Å². The normalized spacial score (nSPS) is 15.0. The van der Waals surface area contributed by atoms with Crippen molar-refractivity contribution < 1.29 is 24.4 Å². The number of amides is 3. The van der Waals surface area contributed by atoms with Crippen molar-refractivity contribution in [1.29, 1.82) is 0 Å². The lowest BCUT2D eigenvalue weighted by Gasteiger charge is -2.13. The van der Waals surface area contributed by atoms with Crippen LogP contribution in [-0.4, -0.2) is 38.5 Å². The van der Waals surface area contributed by atoms with E-state index in [9.17, 15) is 29.6 Å². The van der Waals surface area contributed by atoms with E-state index in [1.54, 1.807) is 12.1 Å². The number of anilines is 1. The Hall–Kier alpha value is -3.66. The number of benzene rings is 2. The summed E-state index contributed by atoms with van der Waals surface area (Å²) in [7, 11) is 0. The van der Waals surface area contributed by atoms with E-state index in [-0.39, 0.29) is 10.5 Å². The van der Waals surface area contributed by atoms with Crippen LogP contribution >= 0.6 is 11.8 Å². The third-order valence-electron chi connectivity index (χ3n) is 4.17. The molecule has 2 aromatic rings. The number of nitro groups is 1. The van der Waals surface area contributed by atoms with E-state index >= 15 is 0 Å². The highest BCUT2D eigenvalue weighted by atomic mass is 32.2. The van der Waals surface area contributed by atoms with Crippen LogP contribution in [0.2, 0.25) is 0 Å². The van der Waals surface area contributed by atoms with Crippen molar-refractivity contribution >= 4 is 46.3 Å². The van der Waals surface area contributed by atoms with Crippen molar-refractivity contribution in [2.45, 2.75) is 13.8 Å². The molecule has 1 fully saturated rings. The highest BCUT2D eigenvalue weighted by Gasteiger charge is 2.36. The SMILES string of the molecule is Cc1cc(C)cc(NC(=O)CN2C(=O)S/C(=C/c3ccc(O)c([N+](=O)[O-])c3)C2=O)c1. The second-order valence-corrected chi connectivity index (χ2v) is 7.69. The number of carbonyl (C=O) groups is 3. The summed E-state index contributed by atoms with van der Waals surface area (Å²) in [6.45, 7) is 3.32. The van der Waals surface area contributed by atoms with E-state index < -0.39 is 40.0 Å². The number of phenolic OH excluding ortho intramolecular Hbond substituents is 1. The van der Waals surface area contributed by atoms with Gasteiger partial charge in [-0.25, -0.2) is 0 Å². The van der Waals surface area contributed by atoms with Crippen LogP contribution in [0, 0.1) is 24.0 Å². The number of phenols is 1. The number of imide groups is 1. The van der Waals surface area contributed by atoms with Gasteiger partial charge in [0.1, 0.15) is 6.54 Å². The van der Waals surface area contributed by atoms with E-state index in [2.05, 4.69) is 5.32 Å². The smallest absolute Gasteiger partial charge is 0.311 e. The summed E-state index contributed by atoms with van der Waals surface area (Å²) in [6.07, 6.45) is 1.30. The molecule has 1 aliphatic heterocycles. The van der Waals surface area contributed by atoms with Crippen LogP contribution < -0.4 is 5.32 Å². The Bertz CT molecular complexity index is 1090. The van der Waals surface area contributed by atoms with Gasteiger partial charge < -0.3 is 10.4 Å². The van der Waals surface area contributed by atoms with Crippen molar-refractivity contribution in [2.75, 3.05) is 11.9 Å². The largest absolute Gasteiger partial charge is 0.502 e. The number of hydrogen-bond donors (Lipinski definition) is 2. The fourth-order valence-electron chi connectivity index (χ4n) is 2.96. The molecule has 0 unspecified atom stereocenters. The molecular weight excluding hydrogens is 410 g/mol. The molecule has 0 saturated carbocycles. The Morgan fingerprint density at radius 2 is 1.87 bits per heavy atom. The molecule has 0 aliphatic carbocycles. The Labute approximate surface area is 175 Å². The van der Waals surface area contributed by atoms with Gasteiger partial charge in [-0.2, -0.15) is 0 Å². The highest BCUT2D eigenvalue weighted by Crippen LogP contribution is 2.34. The number of rotatable bonds is 5. The topological polar surface area (TPSA) is 130 Å². The maximum atomic E-state index is 12.6. The molecule has 0 atom stereocenters. The maximum Gasteiger partial charge on any atom is 0.311 e. The van der Waals surface area contributed by atoms with E-state index in [0.29, 0.717) is 17.4 Å². The standard InChI is InChI=1S/C20H17N3O6S/c1-11-5-12(2)7-14(6-11)21-18(25)10-22-19(26)17(30-20(22)27)9-13-3-4-16(24)15(8-13)23(28)29/h3-9,24H,10H2,1-2H3,(H,21,25)/b17-9+. The van der Waals surface area contributed by atoms with Crippen LogP contribution in [0.1, 0.15) is 16.7 Å². The van der Waals surface area contributed by atoms with Gasteiger partial charge in [-0.3, -0.25) is 29.4 Å². The molecule has 0 spiro atoms. The molecule has 0 bridgehead atoms. The van der Waals surface area contributed by atoms with E-state index in [1.807, 2.05) is 19.9 Å². The van der Waals surface area contributed by atoms with E-state index in [4.69, 9.17) is 0 Å². The zero-order valence-corrected chi connectivity index (χ0v) is 16.9. The van der Waals surface area contributed by atoms with E-state index in [1.165, 1.54) is 12.1 Å². The van der Waals surface area contributed by atoms with Crippen LogP contribution in [0.15, 0.2) is 41.3 Å². The Kier molecular flexibility index (Phi) is 5.88. The molecule has 2 aromatic carbocycles. The zero-order valence-electron chi connectivity index (χ0n) is 16.0. The summed E-state index contributed by atoms with van der Waals surface area (Å²) in [6, 6.07) is 9.10. The third-order valence-corrected chi connectivity index (χ3v) is 5.08. The fourth-order valence-corrected chi connectivity index (χ4v) is 3.79. The van der Waals surface area contributed by atoms with Crippen LogP contribution in [0.4, 0.5) is 16.2 Å². The molecule has 154 valence electrons. The number of nitro benzene ring substituents is 1. The monoisotopic (exact) mass is 427 g/mol.